The van der Waals surface area contributed by atoms with Gasteiger partial charge in [-0.15, -0.1) is 0 Å². The molecule has 1 N–H and O–H groups in total. The van der Waals surface area contributed by atoms with Crippen LogP contribution in [0.5, 0.6) is 11.5 Å². The predicted octanol–water partition coefficient (Wildman–Crippen LogP) is 1.84. The Morgan fingerprint density at radius 2 is 2.00 bits per heavy atom. The Hall–Kier alpha value is -2.24. The van der Waals surface area contributed by atoms with E-state index in [4.69, 9.17) is 9.47 Å². The van der Waals surface area contributed by atoms with Gasteiger partial charge in [0.1, 0.15) is 13.2 Å². The van der Waals surface area contributed by atoms with Crippen LogP contribution in [0, 0.1) is 11.8 Å². The summed E-state index contributed by atoms with van der Waals surface area (Å²) in [7, 11) is 0. The number of rotatable bonds is 4. The number of likely N-dealkylation sites (tertiary alicyclic amines) is 1. The van der Waals surface area contributed by atoms with E-state index in [1.165, 1.54) is 12.8 Å². The van der Waals surface area contributed by atoms with Crippen LogP contribution in [-0.2, 0) is 4.79 Å². The van der Waals surface area contributed by atoms with Crippen LogP contribution >= 0.6 is 0 Å². The molecule has 1 aromatic rings. The number of fused-ring (bicyclic) bond motifs is 1. The second-order valence-electron chi connectivity index (χ2n) is 7.11. The summed E-state index contributed by atoms with van der Waals surface area (Å²) in [4.78, 5) is 27.1. The van der Waals surface area contributed by atoms with Crippen LogP contribution in [0.3, 0.4) is 0 Å². The fraction of sp³-hybridized carbons (Fsp3) is 0.579. The van der Waals surface area contributed by atoms with Crippen molar-refractivity contribution in [2.24, 2.45) is 11.8 Å². The number of nitrogens with zero attached hydrogens (tertiary/aromatic N) is 1. The van der Waals surface area contributed by atoms with Gasteiger partial charge < -0.3 is 19.7 Å². The molecule has 134 valence electrons. The lowest BCUT2D eigenvalue weighted by Crippen LogP contribution is -2.45. The molecule has 2 heterocycles. The first-order valence-corrected chi connectivity index (χ1v) is 9.18. The maximum absolute atomic E-state index is 13.0. The van der Waals surface area contributed by atoms with Gasteiger partial charge in [-0.1, -0.05) is 6.07 Å². The highest BCUT2D eigenvalue weighted by atomic mass is 16.6. The van der Waals surface area contributed by atoms with Crippen LogP contribution in [0.1, 0.15) is 36.0 Å². The Labute approximate surface area is 147 Å². The fourth-order valence-corrected chi connectivity index (χ4v) is 3.50. The second kappa shape index (κ2) is 6.94. The van der Waals surface area contributed by atoms with Crippen molar-refractivity contribution in [2.75, 3.05) is 32.8 Å². The highest BCUT2D eigenvalue weighted by Gasteiger charge is 2.32. The van der Waals surface area contributed by atoms with Gasteiger partial charge in [0.15, 0.2) is 11.5 Å². The summed E-state index contributed by atoms with van der Waals surface area (Å²) in [5.41, 5.74) is 0.524. The van der Waals surface area contributed by atoms with Gasteiger partial charge in [0.05, 0.1) is 11.5 Å². The Morgan fingerprint density at radius 1 is 1.16 bits per heavy atom. The van der Waals surface area contributed by atoms with E-state index >= 15 is 0 Å². The Balaban J connectivity index is 1.44. The average molecular weight is 344 g/mol. The van der Waals surface area contributed by atoms with Gasteiger partial charge in [-0.2, -0.15) is 0 Å². The van der Waals surface area contributed by atoms with E-state index in [9.17, 15) is 9.59 Å². The molecule has 1 saturated carbocycles. The van der Waals surface area contributed by atoms with E-state index in [2.05, 4.69) is 5.32 Å². The number of amides is 2. The number of carbonyl (C=O) groups is 2. The maximum atomic E-state index is 13.0. The molecule has 2 fully saturated rings. The minimum atomic E-state index is -0.117. The summed E-state index contributed by atoms with van der Waals surface area (Å²) in [6.45, 7) is 2.87. The first-order valence-electron chi connectivity index (χ1n) is 9.18. The number of benzene rings is 1. The van der Waals surface area contributed by atoms with Crippen molar-refractivity contribution in [1.29, 1.82) is 0 Å². The summed E-state index contributed by atoms with van der Waals surface area (Å²) >= 11 is 0. The quantitative estimate of drug-likeness (QED) is 0.905. The third-order valence-corrected chi connectivity index (χ3v) is 5.14. The molecule has 2 aliphatic heterocycles. The highest BCUT2D eigenvalue weighted by molar-refractivity contribution is 5.98. The molecule has 1 aromatic carbocycles. The fourth-order valence-electron chi connectivity index (χ4n) is 3.50. The third-order valence-electron chi connectivity index (χ3n) is 5.14. The molecule has 0 unspecified atom stereocenters. The highest BCUT2D eigenvalue weighted by Crippen LogP contribution is 2.35. The summed E-state index contributed by atoms with van der Waals surface area (Å²) in [6, 6.07) is 5.40. The molecule has 4 rings (SSSR count). The summed E-state index contributed by atoms with van der Waals surface area (Å²) < 4.78 is 11.2. The van der Waals surface area contributed by atoms with E-state index < -0.39 is 0 Å². The number of hydrogen-bond acceptors (Lipinski definition) is 4. The van der Waals surface area contributed by atoms with Gasteiger partial charge in [-0.05, 0) is 43.7 Å². The number of carbonyl (C=O) groups excluding carboxylic acids is 2. The maximum Gasteiger partial charge on any atom is 0.257 e. The lowest BCUT2D eigenvalue weighted by Gasteiger charge is -2.33. The first-order chi connectivity index (χ1) is 12.2. The summed E-state index contributed by atoms with van der Waals surface area (Å²) in [5.74, 6) is 1.69. The van der Waals surface area contributed by atoms with E-state index in [-0.39, 0.29) is 17.7 Å². The number of ether oxygens (including phenoxy) is 2. The van der Waals surface area contributed by atoms with Crippen molar-refractivity contribution in [3.8, 4) is 11.5 Å². The van der Waals surface area contributed by atoms with Crippen LogP contribution < -0.4 is 14.8 Å². The van der Waals surface area contributed by atoms with Crippen molar-refractivity contribution in [3.63, 3.8) is 0 Å². The van der Waals surface area contributed by atoms with Gasteiger partial charge in [-0.3, -0.25) is 9.59 Å². The minimum Gasteiger partial charge on any atom is -0.486 e. The summed E-state index contributed by atoms with van der Waals surface area (Å²) in [5, 5.41) is 3.04. The zero-order chi connectivity index (χ0) is 17.2. The molecule has 1 saturated heterocycles. The predicted molar refractivity (Wildman–Crippen MR) is 91.8 cm³/mol. The van der Waals surface area contributed by atoms with Gasteiger partial charge in [-0.25, -0.2) is 0 Å². The standard InChI is InChI=1S/C19H24N2O4/c22-18(20-11-13-6-7-13)14-3-2-8-21(12-14)19(23)15-4-1-5-16-17(15)25-10-9-24-16/h1,4-5,13-14H,2-3,6-12H2,(H,20,22)/t14-/m0/s1. The van der Waals surface area contributed by atoms with Gasteiger partial charge in [0, 0.05) is 19.6 Å². The Bertz CT molecular complexity index is 671. The molecule has 0 aromatic heterocycles. The minimum absolute atomic E-state index is 0.0814. The monoisotopic (exact) mass is 344 g/mol. The lowest BCUT2D eigenvalue weighted by molar-refractivity contribution is -0.126. The Morgan fingerprint density at radius 3 is 2.84 bits per heavy atom. The average Bonchev–Trinajstić information content (AvgIpc) is 3.49. The SMILES string of the molecule is O=C(NCC1CC1)[C@H]1CCCN(C(=O)c2cccc3c2OCCO3)C1. The van der Waals surface area contributed by atoms with Gasteiger partial charge in [0.2, 0.25) is 5.91 Å². The van der Waals surface area contributed by atoms with E-state index in [1.807, 2.05) is 12.1 Å². The molecule has 0 radical (unpaired) electrons. The molecule has 6 heteroatoms. The molecule has 1 aliphatic carbocycles. The zero-order valence-corrected chi connectivity index (χ0v) is 14.3. The molecule has 1 atom stereocenters. The van der Waals surface area contributed by atoms with E-state index in [0.717, 1.165) is 19.4 Å². The normalized spacial score (nSPS) is 22.4. The van der Waals surface area contributed by atoms with E-state index in [0.29, 0.717) is 49.3 Å². The molecule has 3 aliphatic rings. The van der Waals surface area contributed by atoms with Crippen molar-refractivity contribution in [1.82, 2.24) is 10.2 Å². The van der Waals surface area contributed by atoms with Crippen LogP contribution in [0.15, 0.2) is 18.2 Å². The number of hydrogen-bond donors (Lipinski definition) is 1. The second-order valence-corrected chi connectivity index (χ2v) is 7.11. The molecule has 2 amide bonds. The van der Waals surface area contributed by atoms with Gasteiger partial charge >= 0.3 is 0 Å². The number of piperidine rings is 1. The molecular formula is C19H24N2O4. The van der Waals surface area contributed by atoms with Crippen LogP contribution in [0.2, 0.25) is 0 Å². The number of nitrogens with one attached hydrogen (secondary N) is 1. The van der Waals surface area contributed by atoms with Crippen LogP contribution in [-0.4, -0.2) is 49.6 Å². The van der Waals surface area contributed by atoms with Crippen molar-refractivity contribution < 1.29 is 19.1 Å². The smallest absolute Gasteiger partial charge is 0.257 e. The number of para-hydroxylation sites is 1. The summed E-state index contributed by atoms with van der Waals surface area (Å²) in [6.07, 6.45) is 4.12. The largest absolute Gasteiger partial charge is 0.486 e. The topological polar surface area (TPSA) is 67.9 Å². The molecule has 25 heavy (non-hydrogen) atoms. The van der Waals surface area contributed by atoms with Crippen molar-refractivity contribution in [2.45, 2.75) is 25.7 Å². The van der Waals surface area contributed by atoms with Crippen LogP contribution in [0.25, 0.3) is 0 Å². The first kappa shape index (κ1) is 16.2. The molecule has 6 nitrogen and oxygen atoms in total. The molecule has 0 spiro atoms. The zero-order valence-electron chi connectivity index (χ0n) is 14.3. The Kier molecular flexibility index (Phi) is 4.51. The lowest BCUT2D eigenvalue weighted by atomic mass is 9.96. The third kappa shape index (κ3) is 3.57. The van der Waals surface area contributed by atoms with Gasteiger partial charge in [0.25, 0.3) is 5.91 Å². The van der Waals surface area contributed by atoms with Crippen molar-refractivity contribution >= 4 is 11.8 Å². The molecular weight excluding hydrogens is 320 g/mol. The van der Waals surface area contributed by atoms with Crippen LogP contribution in [0.4, 0.5) is 0 Å². The molecule has 0 bridgehead atoms. The van der Waals surface area contributed by atoms with Crippen molar-refractivity contribution in [3.05, 3.63) is 23.8 Å². The van der Waals surface area contributed by atoms with E-state index in [1.54, 1.807) is 11.0 Å².